The van der Waals surface area contributed by atoms with Crippen LogP contribution in [0.2, 0.25) is 0 Å². The summed E-state index contributed by atoms with van der Waals surface area (Å²) in [6.45, 7) is 1.65. The van der Waals surface area contributed by atoms with Gasteiger partial charge in [0.25, 0.3) is 0 Å². The average Bonchev–Trinajstić information content (AvgIpc) is 3.12. The van der Waals surface area contributed by atoms with E-state index in [0.717, 1.165) is 16.0 Å². The first-order chi connectivity index (χ1) is 11.2. The molecule has 0 aliphatic carbocycles. The summed E-state index contributed by atoms with van der Waals surface area (Å²) in [5.74, 6) is 0.644. The normalized spacial score (nSPS) is 21.1. The van der Waals surface area contributed by atoms with E-state index in [2.05, 4.69) is 15.6 Å². The molecule has 120 valence electrons. The summed E-state index contributed by atoms with van der Waals surface area (Å²) in [6, 6.07) is 5.23. The molecule has 2 aliphatic heterocycles. The maximum atomic E-state index is 12.1. The molecule has 0 bridgehead atoms. The van der Waals surface area contributed by atoms with Gasteiger partial charge in [-0.2, -0.15) is 0 Å². The maximum absolute atomic E-state index is 12.1. The number of benzene rings is 1. The molecule has 2 N–H and O–H groups in total. The van der Waals surface area contributed by atoms with Gasteiger partial charge < -0.3 is 20.3 Å². The summed E-state index contributed by atoms with van der Waals surface area (Å²) in [5.41, 5.74) is 2.66. The smallest absolute Gasteiger partial charge is 0.318 e. The number of hydrogen-bond acceptors (Lipinski definition) is 5. The van der Waals surface area contributed by atoms with Crippen LogP contribution in [-0.4, -0.2) is 53.6 Å². The van der Waals surface area contributed by atoms with Crippen LogP contribution in [0.25, 0.3) is 10.2 Å². The molecule has 0 unspecified atom stereocenters. The fourth-order valence-electron chi connectivity index (χ4n) is 2.79. The first-order valence-corrected chi connectivity index (χ1v) is 8.41. The van der Waals surface area contributed by atoms with Gasteiger partial charge in [0.15, 0.2) is 0 Å². The minimum Gasteiger partial charge on any atom is -0.484 e. The second-order valence-corrected chi connectivity index (χ2v) is 6.57. The van der Waals surface area contributed by atoms with Gasteiger partial charge in [0.1, 0.15) is 23.4 Å². The first kappa shape index (κ1) is 14.3. The number of urea groups is 1. The minimum atomic E-state index is -0.411. The maximum Gasteiger partial charge on any atom is 0.318 e. The van der Waals surface area contributed by atoms with E-state index in [1.54, 1.807) is 21.7 Å². The summed E-state index contributed by atoms with van der Waals surface area (Å²) in [7, 11) is 0. The Hall–Kier alpha value is -2.35. The molecule has 3 heterocycles. The highest BCUT2D eigenvalue weighted by molar-refractivity contribution is 7.16. The number of nitrogens with zero attached hydrogens (tertiary/aromatic N) is 2. The zero-order valence-corrected chi connectivity index (χ0v) is 13.1. The van der Waals surface area contributed by atoms with E-state index in [4.69, 9.17) is 4.74 Å². The Labute approximate surface area is 136 Å². The number of para-hydroxylation sites is 1. The summed E-state index contributed by atoms with van der Waals surface area (Å²) < 4.78 is 7.02. The second-order valence-electron chi connectivity index (χ2n) is 5.68. The third-order valence-electron chi connectivity index (χ3n) is 4.10. The van der Waals surface area contributed by atoms with Crippen molar-refractivity contribution in [2.24, 2.45) is 0 Å². The molecule has 2 fully saturated rings. The zero-order chi connectivity index (χ0) is 15.8. The van der Waals surface area contributed by atoms with E-state index in [1.165, 1.54) is 0 Å². The Morgan fingerprint density at radius 1 is 1.43 bits per heavy atom. The molecule has 1 aromatic heterocycles. The lowest BCUT2D eigenvalue weighted by atomic mass is 10.1. The lowest BCUT2D eigenvalue weighted by Crippen LogP contribution is -2.60. The van der Waals surface area contributed by atoms with E-state index < -0.39 is 6.04 Å². The van der Waals surface area contributed by atoms with Gasteiger partial charge in [0.2, 0.25) is 5.91 Å². The minimum absolute atomic E-state index is 0.0366. The third kappa shape index (κ3) is 2.70. The van der Waals surface area contributed by atoms with Crippen LogP contribution in [0, 0.1) is 0 Å². The predicted octanol–water partition coefficient (Wildman–Crippen LogP) is 0.957. The fourth-order valence-corrected chi connectivity index (χ4v) is 3.48. The predicted molar refractivity (Wildman–Crippen MR) is 85.6 cm³/mol. The number of carbonyl (C=O) groups is 2. The summed E-state index contributed by atoms with van der Waals surface area (Å²) in [4.78, 5) is 29.5. The van der Waals surface area contributed by atoms with Gasteiger partial charge in [0.05, 0.1) is 23.3 Å². The van der Waals surface area contributed by atoms with Gasteiger partial charge in [-0.1, -0.05) is 6.07 Å². The molecule has 0 saturated carbocycles. The molecule has 1 atom stereocenters. The highest BCUT2D eigenvalue weighted by Gasteiger charge is 2.35. The molecular formula is C15H16N4O3S. The van der Waals surface area contributed by atoms with Gasteiger partial charge in [-0.25, -0.2) is 9.78 Å². The number of carbonyl (C=O) groups excluding carboxylic acids is 2. The molecule has 8 heteroatoms. The number of amides is 3. The number of fused-ring (bicyclic) bond motifs is 1. The van der Waals surface area contributed by atoms with Crippen molar-refractivity contribution >= 4 is 33.5 Å². The number of rotatable bonds is 3. The van der Waals surface area contributed by atoms with Gasteiger partial charge >= 0.3 is 6.03 Å². The molecule has 3 amide bonds. The number of aromatic nitrogens is 1. The van der Waals surface area contributed by atoms with Crippen molar-refractivity contribution < 1.29 is 14.3 Å². The quantitative estimate of drug-likeness (QED) is 0.877. The van der Waals surface area contributed by atoms with E-state index in [-0.39, 0.29) is 18.0 Å². The van der Waals surface area contributed by atoms with Crippen molar-refractivity contribution in [3.05, 3.63) is 23.7 Å². The number of ether oxygens (including phenoxy) is 1. The molecule has 2 aromatic rings. The summed E-state index contributed by atoms with van der Waals surface area (Å²) in [6.07, 6.45) is 0.606. The van der Waals surface area contributed by atoms with Crippen LogP contribution in [0.5, 0.6) is 5.75 Å². The van der Waals surface area contributed by atoms with E-state index >= 15 is 0 Å². The molecule has 0 spiro atoms. The lowest BCUT2D eigenvalue weighted by Gasteiger charge is -2.39. The topological polar surface area (TPSA) is 83.6 Å². The van der Waals surface area contributed by atoms with Crippen LogP contribution in [0.1, 0.15) is 6.42 Å². The standard InChI is InChI=1S/C15H16N4O3S/c20-14-10(4-5-16-14)18-15(21)19-6-9(7-19)22-11-2-1-3-12-13(11)17-8-23-12/h1-3,8-10H,4-7H2,(H,16,20)(H,18,21)/t10-/m0/s1. The van der Waals surface area contributed by atoms with Gasteiger partial charge in [-0.15, -0.1) is 11.3 Å². The van der Waals surface area contributed by atoms with Crippen molar-refractivity contribution in [1.82, 2.24) is 20.5 Å². The molecule has 23 heavy (non-hydrogen) atoms. The Morgan fingerprint density at radius 3 is 3.09 bits per heavy atom. The van der Waals surface area contributed by atoms with E-state index in [9.17, 15) is 9.59 Å². The fraction of sp³-hybridized carbons (Fsp3) is 0.400. The molecule has 2 aliphatic rings. The Balaban J connectivity index is 1.32. The van der Waals surface area contributed by atoms with Crippen molar-refractivity contribution in [3.63, 3.8) is 0 Å². The van der Waals surface area contributed by atoms with Crippen LogP contribution >= 0.6 is 11.3 Å². The largest absolute Gasteiger partial charge is 0.484 e. The van der Waals surface area contributed by atoms with Crippen molar-refractivity contribution in [3.8, 4) is 5.75 Å². The lowest BCUT2D eigenvalue weighted by molar-refractivity contribution is -0.120. The van der Waals surface area contributed by atoms with Crippen LogP contribution in [-0.2, 0) is 4.79 Å². The molecule has 1 aromatic carbocycles. The SMILES string of the molecule is O=C1NCC[C@@H]1NC(=O)N1CC(Oc2cccc3scnc23)C1. The van der Waals surface area contributed by atoms with Crippen LogP contribution in [0.4, 0.5) is 4.79 Å². The molecule has 4 rings (SSSR count). The second kappa shape index (κ2) is 5.69. The average molecular weight is 332 g/mol. The molecule has 0 radical (unpaired) electrons. The Bertz CT molecular complexity index is 756. The Kier molecular flexibility index (Phi) is 3.53. The number of hydrogen-bond donors (Lipinski definition) is 2. The van der Waals surface area contributed by atoms with E-state index in [0.29, 0.717) is 26.1 Å². The van der Waals surface area contributed by atoms with Crippen LogP contribution in [0.3, 0.4) is 0 Å². The third-order valence-corrected chi connectivity index (χ3v) is 4.89. The molecular weight excluding hydrogens is 316 g/mol. The number of thiazole rings is 1. The summed E-state index contributed by atoms with van der Waals surface area (Å²) in [5, 5.41) is 5.45. The van der Waals surface area contributed by atoms with Crippen molar-refractivity contribution in [2.75, 3.05) is 19.6 Å². The van der Waals surface area contributed by atoms with E-state index in [1.807, 2.05) is 18.2 Å². The Morgan fingerprint density at radius 2 is 2.30 bits per heavy atom. The van der Waals surface area contributed by atoms with Gasteiger partial charge in [-0.3, -0.25) is 4.79 Å². The molecule has 7 nitrogen and oxygen atoms in total. The highest BCUT2D eigenvalue weighted by Crippen LogP contribution is 2.29. The summed E-state index contributed by atoms with van der Waals surface area (Å²) >= 11 is 1.57. The highest BCUT2D eigenvalue weighted by atomic mass is 32.1. The molecule has 2 saturated heterocycles. The van der Waals surface area contributed by atoms with Crippen molar-refractivity contribution in [1.29, 1.82) is 0 Å². The zero-order valence-electron chi connectivity index (χ0n) is 12.3. The van der Waals surface area contributed by atoms with Gasteiger partial charge in [-0.05, 0) is 18.6 Å². The first-order valence-electron chi connectivity index (χ1n) is 7.53. The van der Waals surface area contributed by atoms with Crippen LogP contribution < -0.4 is 15.4 Å². The monoisotopic (exact) mass is 332 g/mol. The number of likely N-dealkylation sites (tertiary alicyclic amines) is 1. The van der Waals surface area contributed by atoms with Crippen LogP contribution in [0.15, 0.2) is 23.7 Å². The van der Waals surface area contributed by atoms with Gasteiger partial charge in [0, 0.05) is 6.54 Å². The number of nitrogens with one attached hydrogen (secondary N) is 2. The van der Waals surface area contributed by atoms with Crippen molar-refractivity contribution in [2.45, 2.75) is 18.6 Å².